The van der Waals surface area contributed by atoms with E-state index in [0.717, 1.165) is 38.6 Å². The summed E-state index contributed by atoms with van der Waals surface area (Å²) < 4.78 is 40.0. The third-order valence-electron chi connectivity index (χ3n) is 2.93. The van der Waals surface area contributed by atoms with Gasteiger partial charge < -0.3 is 10.1 Å². The van der Waals surface area contributed by atoms with E-state index in [1.807, 2.05) is 0 Å². The van der Waals surface area contributed by atoms with Gasteiger partial charge in [0.05, 0.1) is 0 Å². The lowest BCUT2D eigenvalue weighted by atomic mass is 10.0. The fraction of sp³-hybridized carbons (Fsp3) is 1.00. The summed E-state index contributed by atoms with van der Waals surface area (Å²) in [4.78, 5) is 0. The van der Waals surface area contributed by atoms with Crippen LogP contribution in [-0.2, 0) is 4.74 Å². The highest BCUT2D eigenvalue weighted by atomic mass is 19.4. The molecular formula is C14H28F3NO. The maximum Gasteiger partial charge on any atom is 0.411 e. The Hall–Kier alpha value is -0.290. The maximum absolute atomic E-state index is 11.8. The average Bonchev–Trinajstić information content (AvgIpc) is 2.33. The third kappa shape index (κ3) is 13.9. The van der Waals surface area contributed by atoms with Crippen molar-refractivity contribution in [2.75, 3.05) is 19.8 Å². The fourth-order valence-corrected chi connectivity index (χ4v) is 2.00. The molecule has 0 rings (SSSR count). The van der Waals surface area contributed by atoms with Gasteiger partial charge in [-0.15, -0.1) is 0 Å². The minimum atomic E-state index is -4.20. The van der Waals surface area contributed by atoms with Crippen molar-refractivity contribution in [1.29, 1.82) is 0 Å². The van der Waals surface area contributed by atoms with Gasteiger partial charge in [-0.1, -0.05) is 33.1 Å². The Balaban J connectivity index is 3.44. The molecule has 0 saturated heterocycles. The van der Waals surface area contributed by atoms with Crippen LogP contribution >= 0.6 is 0 Å². The van der Waals surface area contributed by atoms with Crippen LogP contribution in [0.1, 0.15) is 58.8 Å². The molecule has 0 bridgehead atoms. The smallest absolute Gasteiger partial charge is 0.372 e. The van der Waals surface area contributed by atoms with E-state index in [4.69, 9.17) is 0 Å². The van der Waals surface area contributed by atoms with Gasteiger partial charge in [-0.3, -0.25) is 0 Å². The molecule has 116 valence electrons. The fourth-order valence-electron chi connectivity index (χ4n) is 2.00. The summed E-state index contributed by atoms with van der Waals surface area (Å²) in [5.74, 6) is 0. The maximum atomic E-state index is 11.8. The van der Waals surface area contributed by atoms with Gasteiger partial charge in [-0.2, -0.15) is 13.2 Å². The highest BCUT2D eigenvalue weighted by Gasteiger charge is 2.27. The summed E-state index contributed by atoms with van der Waals surface area (Å²) in [6.07, 6.45) is 3.07. The minimum Gasteiger partial charge on any atom is -0.372 e. The molecule has 0 aromatic heterocycles. The van der Waals surface area contributed by atoms with Crippen LogP contribution in [0, 0.1) is 0 Å². The number of rotatable bonds is 12. The van der Waals surface area contributed by atoms with Gasteiger partial charge in [0.15, 0.2) is 0 Å². The van der Waals surface area contributed by atoms with E-state index in [0.29, 0.717) is 12.5 Å². The number of alkyl halides is 3. The predicted molar refractivity (Wildman–Crippen MR) is 72.3 cm³/mol. The molecule has 0 radical (unpaired) electrons. The van der Waals surface area contributed by atoms with Crippen molar-refractivity contribution in [3.63, 3.8) is 0 Å². The zero-order chi connectivity index (χ0) is 14.6. The van der Waals surface area contributed by atoms with Crippen LogP contribution in [0.5, 0.6) is 0 Å². The summed E-state index contributed by atoms with van der Waals surface area (Å²) in [5, 5.41) is 3.51. The first-order chi connectivity index (χ1) is 8.99. The van der Waals surface area contributed by atoms with E-state index >= 15 is 0 Å². The number of ether oxygens (including phenoxy) is 1. The monoisotopic (exact) mass is 283 g/mol. The van der Waals surface area contributed by atoms with Crippen molar-refractivity contribution >= 4 is 0 Å². The molecule has 0 aromatic carbocycles. The number of halogens is 3. The first kappa shape index (κ1) is 18.7. The Kier molecular flexibility index (Phi) is 11.4. The molecule has 0 aromatic rings. The minimum absolute atomic E-state index is 0.209. The SMILES string of the molecule is CCCNC(CCC)CCCCCOCC(F)(F)F. The molecular weight excluding hydrogens is 255 g/mol. The van der Waals surface area contributed by atoms with E-state index < -0.39 is 12.8 Å². The zero-order valence-electron chi connectivity index (χ0n) is 12.2. The molecule has 0 heterocycles. The Bertz CT molecular complexity index is 198. The standard InChI is InChI=1S/C14H28F3NO/c1-3-8-13(18-10-4-2)9-6-5-7-11-19-12-14(15,16)17/h13,18H,3-12H2,1-2H3. The van der Waals surface area contributed by atoms with Gasteiger partial charge in [-0.05, 0) is 32.2 Å². The summed E-state index contributed by atoms with van der Waals surface area (Å²) in [6, 6.07) is 0.557. The van der Waals surface area contributed by atoms with Crippen molar-refractivity contribution in [1.82, 2.24) is 5.32 Å². The average molecular weight is 283 g/mol. The van der Waals surface area contributed by atoms with Crippen LogP contribution in [0.4, 0.5) is 13.2 Å². The van der Waals surface area contributed by atoms with E-state index in [1.54, 1.807) is 0 Å². The second-order valence-electron chi connectivity index (χ2n) is 4.96. The molecule has 0 aliphatic carbocycles. The first-order valence-corrected chi connectivity index (χ1v) is 7.37. The normalized spacial score (nSPS) is 13.7. The summed E-state index contributed by atoms with van der Waals surface area (Å²) >= 11 is 0. The number of hydrogen-bond acceptors (Lipinski definition) is 2. The quantitative estimate of drug-likeness (QED) is 0.539. The molecule has 2 nitrogen and oxygen atoms in total. The lowest BCUT2D eigenvalue weighted by molar-refractivity contribution is -0.174. The molecule has 19 heavy (non-hydrogen) atoms. The first-order valence-electron chi connectivity index (χ1n) is 7.37. The molecule has 0 spiro atoms. The predicted octanol–water partition coefficient (Wildman–Crippen LogP) is 4.29. The molecule has 0 fully saturated rings. The Morgan fingerprint density at radius 1 is 1.00 bits per heavy atom. The zero-order valence-corrected chi connectivity index (χ0v) is 12.2. The molecule has 0 aliphatic heterocycles. The van der Waals surface area contributed by atoms with Gasteiger partial charge in [0.1, 0.15) is 6.61 Å². The van der Waals surface area contributed by atoms with Crippen molar-refractivity contribution < 1.29 is 17.9 Å². The van der Waals surface area contributed by atoms with E-state index in [9.17, 15) is 13.2 Å². The van der Waals surface area contributed by atoms with E-state index in [-0.39, 0.29) is 6.61 Å². The van der Waals surface area contributed by atoms with Gasteiger partial charge in [-0.25, -0.2) is 0 Å². The highest BCUT2D eigenvalue weighted by Crippen LogP contribution is 2.15. The number of hydrogen-bond donors (Lipinski definition) is 1. The van der Waals surface area contributed by atoms with Crippen LogP contribution in [0.3, 0.4) is 0 Å². The lowest BCUT2D eigenvalue weighted by Crippen LogP contribution is -2.29. The molecule has 1 unspecified atom stereocenters. The van der Waals surface area contributed by atoms with Crippen molar-refractivity contribution in [3.05, 3.63) is 0 Å². The summed E-state index contributed by atoms with van der Waals surface area (Å²) in [5.41, 5.74) is 0. The van der Waals surface area contributed by atoms with Crippen LogP contribution in [0.15, 0.2) is 0 Å². The van der Waals surface area contributed by atoms with E-state index in [2.05, 4.69) is 23.9 Å². The van der Waals surface area contributed by atoms with Gasteiger partial charge in [0.2, 0.25) is 0 Å². The summed E-state index contributed by atoms with van der Waals surface area (Å²) in [6.45, 7) is 4.45. The molecule has 1 N–H and O–H groups in total. The summed E-state index contributed by atoms with van der Waals surface area (Å²) in [7, 11) is 0. The third-order valence-corrected chi connectivity index (χ3v) is 2.93. The number of unbranched alkanes of at least 4 members (excludes halogenated alkanes) is 2. The Morgan fingerprint density at radius 3 is 2.32 bits per heavy atom. The molecule has 0 aliphatic rings. The van der Waals surface area contributed by atoms with Crippen LogP contribution in [0.25, 0.3) is 0 Å². The van der Waals surface area contributed by atoms with Crippen molar-refractivity contribution in [2.45, 2.75) is 71.0 Å². The second-order valence-corrected chi connectivity index (χ2v) is 4.96. The molecule has 1 atom stereocenters. The molecule has 0 saturated carbocycles. The van der Waals surface area contributed by atoms with Gasteiger partial charge in [0.25, 0.3) is 0 Å². The Labute approximate surface area is 115 Å². The van der Waals surface area contributed by atoms with E-state index in [1.165, 1.54) is 6.42 Å². The van der Waals surface area contributed by atoms with Crippen LogP contribution < -0.4 is 5.32 Å². The highest BCUT2D eigenvalue weighted by molar-refractivity contribution is 4.66. The second kappa shape index (κ2) is 11.5. The lowest BCUT2D eigenvalue weighted by Gasteiger charge is -2.17. The molecule has 0 amide bonds. The van der Waals surface area contributed by atoms with Gasteiger partial charge >= 0.3 is 6.18 Å². The Morgan fingerprint density at radius 2 is 1.74 bits per heavy atom. The van der Waals surface area contributed by atoms with Crippen molar-refractivity contribution in [2.24, 2.45) is 0 Å². The number of nitrogens with one attached hydrogen (secondary N) is 1. The van der Waals surface area contributed by atoms with Crippen molar-refractivity contribution in [3.8, 4) is 0 Å². The topological polar surface area (TPSA) is 21.3 Å². The van der Waals surface area contributed by atoms with Crippen LogP contribution in [-0.4, -0.2) is 32.0 Å². The van der Waals surface area contributed by atoms with Crippen LogP contribution in [0.2, 0.25) is 0 Å². The molecule has 5 heteroatoms. The largest absolute Gasteiger partial charge is 0.411 e. The van der Waals surface area contributed by atoms with Gasteiger partial charge in [0, 0.05) is 12.6 Å².